The van der Waals surface area contributed by atoms with Gasteiger partial charge in [0.05, 0.1) is 10.5 Å². The third kappa shape index (κ3) is 6.57. The van der Waals surface area contributed by atoms with Gasteiger partial charge in [-0.25, -0.2) is 13.2 Å². The van der Waals surface area contributed by atoms with Gasteiger partial charge in [-0.2, -0.15) is 4.31 Å². The van der Waals surface area contributed by atoms with Gasteiger partial charge in [-0.15, -0.1) is 11.3 Å². The van der Waals surface area contributed by atoms with E-state index in [1.54, 1.807) is 7.05 Å². The lowest BCUT2D eigenvalue weighted by Crippen LogP contribution is -2.38. The van der Waals surface area contributed by atoms with Gasteiger partial charge >= 0.3 is 6.03 Å². The second-order valence-electron chi connectivity index (χ2n) is 10.8. The van der Waals surface area contributed by atoms with Crippen molar-refractivity contribution in [1.29, 1.82) is 0 Å². The van der Waals surface area contributed by atoms with E-state index in [-0.39, 0.29) is 22.1 Å². The number of thiophene rings is 1. The zero-order chi connectivity index (χ0) is 29.9. The van der Waals surface area contributed by atoms with Crippen LogP contribution in [0.1, 0.15) is 68.8 Å². The van der Waals surface area contributed by atoms with Crippen LogP contribution in [0.5, 0.6) is 0 Å². The Morgan fingerprint density at radius 1 is 1.00 bits per heavy atom. The first-order valence-electron chi connectivity index (χ1n) is 14.0. The van der Waals surface area contributed by atoms with Gasteiger partial charge in [0.2, 0.25) is 10.0 Å². The Labute approximate surface area is 249 Å². The summed E-state index contributed by atoms with van der Waals surface area (Å²) in [6, 6.07) is 14.9. The summed E-state index contributed by atoms with van der Waals surface area (Å²) in [6.45, 7) is 2.03. The van der Waals surface area contributed by atoms with Gasteiger partial charge in [0.25, 0.3) is 11.8 Å². The number of sulfonamides is 1. The van der Waals surface area contributed by atoms with Crippen LogP contribution in [-0.4, -0.2) is 55.1 Å². The number of imide groups is 1. The van der Waals surface area contributed by atoms with Crippen molar-refractivity contribution in [3.63, 3.8) is 0 Å². The molecule has 1 aliphatic heterocycles. The Bertz CT molecular complexity index is 1570. The number of hydrogen-bond acceptors (Lipinski definition) is 7. The normalized spacial score (nSPS) is 16.1. The van der Waals surface area contributed by atoms with E-state index in [1.807, 2.05) is 18.2 Å². The molecule has 0 atom stereocenters. The third-order valence-corrected chi connectivity index (χ3v) is 11.0. The Hall–Kier alpha value is -3.58. The molecular formula is C30H35N5O5S2. The average molecular weight is 610 g/mol. The van der Waals surface area contributed by atoms with E-state index in [1.165, 1.54) is 45.5 Å². The van der Waals surface area contributed by atoms with Crippen LogP contribution < -0.4 is 16.4 Å². The molecule has 0 radical (unpaired) electrons. The van der Waals surface area contributed by atoms with Crippen LogP contribution in [0, 0.1) is 0 Å². The number of amides is 4. The first-order chi connectivity index (χ1) is 20.1. The smallest absolute Gasteiger partial charge is 0.319 e. The average Bonchev–Trinajstić information content (AvgIpc) is 3.34. The summed E-state index contributed by atoms with van der Waals surface area (Å²) in [5, 5.41) is 5.27. The van der Waals surface area contributed by atoms with E-state index in [0.717, 1.165) is 49.1 Å². The Kier molecular flexibility index (Phi) is 9.07. The van der Waals surface area contributed by atoms with Gasteiger partial charge in [-0.05, 0) is 54.7 Å². The van der Waals surface area contributed by atoms with E-state index >= 15 is 0 Å². The summed E-state index contributed by atoms with van der Waals surface area (Å²) in [6.07, 6.45) is 5.41. The number of fused-ring (bicyclic) bond motifs is 1. The predicted octanol–water partition coefficient (Wildman–Crippen LogP) is 4.32. The number of primary amides is 1. The molecule has 4 amide bonds. The quantitative estimate of drug-likeness (QED) is 0.347. The lowest BCUT2D eigenvalue weighted by atomic mass is 9.96. The summed E-state index contributed by atoms with van der Waals surface area (Å²) in [5.74, 6) is -1.16. The van der Waals surface area contributed by atoms with Crippen molar-refractivity contribution in [1.82, 2.24) is 14.5 Å². The van der Waals surface area contributed by atoms with E-state index in [4.69, 9.17) is 5.73 Å². The van der Waals surface area contributed by atoms with Gasteiger partial charge in [-0.1, -0.05) is 49.6 Å². The van der Waals surface area contributed by atoms with E-state index in [0.29, 0.717) is 24.5 Å². The van der Waals surface area contributed by atoms with Gasteiger partial charge in [0.1, 0.15) is 5.00 Å². The van der Waals surface area contributed by atoms with Crippen LogP contribution in [-0.2, 0) is 29.5 Å². The van der Waals surface area contributed by atoms with E-state index in [9.17, 15) is 22.8 Å². The fourth-order valence-corrected chi connectivity index (χ4v) is 8.39. The maximum Gasteiger partial charge on any atom is 0.319 e. The number of benzene rings is 2. The summed E-state index contributed by atoms with van der Waals surface area (Å²) < 4.78 is 27.9. The predicted molar refractivity (Wildman–Crippen MR) is 162 cm³/mol. The number of nitrogens with one attached hydrogen (secondary N) is 2. The zero-order valence-electron chi connectivity index (χ0n) is 23.5. The highest BCUT2D eigenvalue weighted by molar-refractivity contribution is 7.89. The fraction of sp³-hybridized carbons (Fsp3) is 0.367. The standard InChI is InChI=1S/C30H35N5O5S2/c1-34(22-10-6-3-7-11-22)42(39,40)23-14-12-21(13-15-23)27(36)32-29-26(28(37)33-30(31)38)24-16-17-35(19-25(24)41-29)18-20-8-4-2-5-9-20/h2,4-5,8-9,12-15,22H,3,6-7,10-11,16-19H2,1H3,(H,32,36)(H3,31,33,37,38). The van der Waals surface area contributed by atoms with Crippen LogP contribution in [0.15, 0.2) is 59.5 Å². The minimum absolute atomic E-state index is 0.0230. The molecule has 5 rings (SSSR count). The summed E-state index contributed by atoms with van der Waals surface area (Å²) in [7, 11) is -2.08. The number of nitrogens with zero attached hydrogens (tertiary/aromatic N) is 2. The van der Waals surface area contributed by atoms with Gasteiger partial charge in [-0.3, -0.25) is 19.8 Å². The molecular weight excluding hydrogens is 574 g/mol. The molecule has 2 aromatic carbocycles. The maximum atomic E-state index is 13.3. The summed E-state index contributed by atoms with van der Waals surface area (Å²) in [4.78, 5) is 41.1. The molecule has 2 aliphatic rings. The second kappa shape index (κ2) is 12.7. The van der Waals surface area contributed by atoms with Gasteiger partial charge in [0, 0.05) is 43.2 Å². The highest BCUT2D eigenvalue weighted by Crippen LogP contribution is 2.38. The Balaban J connectivity index is 1.35. The highest BCUT2D eigenvalue weighted by atomic mass is 32.2. The number of anilines is 1. The first kappa shape index (κ1) is 29.9. The van der Waals surface area contributed by atoms with Crippen molar-refractivity contribution >= 4 is 44.2 Å². The molecule has 42 heavy (non-hydrogen) atoms. The van der Waals surface area contributed by atoms with Crippen LogP contribution in [0.4, 0.5) is 9.80 Å². The number of carbonyl (C=O) groups excluding carboxylic acids is 3. The van der Waals surface area contributed by atoms with Crippen LogP contribution in [0.25, 0.3) is 0 Å². The molecule has 222 valence electrons. The first-order valence-corrected chi connectivity index (χ1v) is 16.3. The topological polar surface area (TPSA) is 142 Å². The molecule has 1 fully saturated rings. The van der Waals surface area contributed by atoms with Crippen molar-refractivity contribution in [2.75, 3.05) is 18.9 Å². The molecule has 0 unspecified atom stereocenters. The van der Waals surface area contributed by atoms with Gasteiger partial charge in [0.15, 0.2) is 0 Å². The van der Waals surface area contributed by atoms with Gasteiger partial charge < -0.3 is 11.1 Å². The van der Waals surface area contributed by atoms with E-state index in [2.05, 4.69) is 27.7 Å². The SMILES string of the molecule is CN(C1CCCCC1)S(=O)(=O)c1ccc(C(=O)Nc2sc3c(c2C(=O)NC(N)=O)CCN(Cc2ccccc2)C3)cc1. The second-order valence-corrected chi connectivity index (χ2v) is 13.9. The minimum Gasteiger partial charge on any atom is -0.351 e. The number of rotatable bonds is 8. The van der Waals surface area contributed by atoms with E-state index < -0.39 is 27.9 Å². The van der Waals surface area contributed by atoms with Crippen molar-refractivity contribution in [3.8, 4) is 0 Å². The largest absolute Gasteiger partial charge is 0.351 e. The molecule has 4 N–H and O–H groups in total. The lowest BCUT2D eigenvalue weighted by molar-refractivity contribution is 0.0965. The molecule has 2 heterocycles. The van der Waals surface area contributed by atoms with Crippen molar-refractivity contribution in [3.05, 3.63) is 81.7 Å². The highest BCUT2D eigenvalue weighted by Gasteiger charge is 2.31. The van der Waals surface area contributed by atoms with Crippen LogP contribution in [0.2, 0.25) is 0 Å². The molecule has 1 aliphatic carbocycles. The fourth-order valence-electron chi connectivity index (χ4n) is 5.70. The Morgan fingerprint density at radius 2 is 1.69 bits per heavy atom. The molecule has 0 spiro atoms. The maximum absolute atomic E-state index is 13.3. The summed E-state index contributed by atoms with van der Waals surface area (Å²) in [5.41, 5.74) is 7.66. The number of hydrogen-bond donors (Lipinski definition) is 3. The molecule has 3 aromatic rings. The monoisotopic (exact) mass is 609 g/mol. The summed E-state index contributed by atoms with van der Waals surface area (Å²) >= 11 is 1.29. The number of urea groups is 1. The molecule has 12 heteroatoms. The number of carbonyl (C=O) groups is 3. The van der Waals surface area contributed by atoms with Crippen LogP contribution in [0.3, 0.4) is 0 Å². The molecule has 1 aromatic heterocycles. The minimum atomic E-state index is -3.70. The molecule has 1 saturated carbocycles. The molecule has 10 nitrogen and oxygen atoms in total. The van der Waals surface area contributed by atoms with Crippen molar-refractivity contribution < 1.29 is 22.8 Å². The van der Waals surface area contributed by atoms with Crippen molar-refractivity contribution in [2.24, 2.45) is 5.73 Å². The number of nitrogens with two attached hydrogens (primary N) is 1. The van der Waals surface area contributed by atoms with Crippen LogP contribution >= 0.6 is 11.3 Å². The molecule has 0 saturated heterocycles. The third-order valence-electron chi connectivity index (χ3n) is 7.96. The Morgan fingerprint density at radius 3 is 2.36 bits per heavy atom. The van der Waals surface area contributed by atoms with Crippen molar-refractivity contribution in [2.45, 2.75) is 62.6 Å². The zero-order valence-corrected chi connectivity index (χ0v) is 25.1. The molecule has 0 bridgehead atoms. The lowest BCUT2D eigenvalue weighted by Gasteiger charge is -2.30.